The Morgan fingerprint density at radius 3 is 2.47 bits per heavy atom. The minimum atomic E-state index is 0. The van der Waals surface area contributed by atoms with Gasteiger partial charge in [-0.25, -0.2) is 0 Å². The summed E-state index contributed by atoms with van der Waals surface area (Å²) >= 11 is 5.87. The van der Waals surface area contributed by atoms with Crippen molar-refractivity contribution in [1.82, 2.24) is 4.98 Å². The van der Waals surface area contributed by atoms with Crippen molar-refractivity contribution in [2.75, 3.05) is 0 Å². The summed E-state index contributed by atoms with van der Waals surface area (Å²) in [7, 11) is 0. The van der Waals surface area contributed by atoms with Crippen LogP contribution in [-0.2, 0) is 63.0 Å². The van der Waals surface area contributed by atoms with Gasteiger partial charge >= 0.3 is 0 Å². The van der Waals surface area contributed by atoms with Crippen molar-refractivity contribution in [3.05, 3.63) is 112 Å². The van der Waals surface area contributed by atoms with E-state index < -0.39 is 0 Å². The normalized spacial score (nSPS) is 13.8. The molecule has 0 amide bonds. The van der Waals surface area contributed by atoms with E-state index in [9.17, 15) is 0 Å². The predicted molar refractivity (Wildman–Crippen MR) is 118 cm³/mol. The average Bonchev–Trinajstić information content (AvgIpc) is 2.75. The van der Waals surface area contributed by atoms with Gasteiger partial charge in [-0.3, -0.25) is 4.98 Å². The van der Waals surface area contributed by atoms with Gasteiger partial charge in [0.25, 0.3) is 0 Å². The number of fused-ring (bicyclic) bond motifs is 3. The number of nitrogens with zero attached hydrogens (tertiary/aromatic N) is 1. The summed E-state index contributed by atoms with van der Waals surface area (Å²) in [6.07, 6.45) is 1.81. The maximum absolute atomic E-state index is 8.24. The first-order chi connectivity index (χ1) is 14.2. The van der Waals surface area contributed by atoms with Crippen LogP contribution in [0.15, 0.2) is 78.9 Å². The summed E-state index contributed by atoms with van der Waals surface area (Å²) in [4.78, 5) is 13.0. The minimum absolute atomic E-state index is 0. The van der Waals surface area contributed by atoms with E-state index in [4.69, 9.17) is 27.5 Å². The van der Waals surface area contributed by atoms with Crippen molar-refractivity contribution in [1.29, 1.82) is 0 Å². The fourth-order valence-electron chi connectivity index (χ4n) is 3.90. The molecule has 0 saturated carbocycles. The second kappa shape index (κ2) is 10.3. The molecule has 5 rings (SSSR count). The van der Waals surface area contributed by atoms with Gasteiger partial charge in [0.1, 0.15) is 0 Å². The third-order valence-electron chi connectivity index (χ3n) is 5.25. The van der Waals surface area contributed by atoms with E-state index in [1.54, 1.807) is 0 Å². The van der Waals surface area contributed by atoms with Gasteiger partial charge < -0.3 is 22.5 Å². The topological polar surface area (TPSA) is 50.2 Å². The van der Waals surface area contributed by atoms with Crippen LogP contribution in [0.3, 0.4) is 0 Å². The van der Waals surface area contributed by atoms with Gasteiger partial charge in [0.15, 0.2) is 0 Å². The number of aliphatic hydroxyl groups excluding tert-OH is 1. The Bertz CT molecular complexity index is 1180. The Morgan fingerprint density at radius 1 is 0.933 bits per heavy atom. The molecule has 0 saturated heterocycles. The van der Waals surface area contributed by atoms with Gasteiger partial charge in [0, 0.05) is 50.2 Å². The van der Waals surface area contributed by atoms with Gasteiger partial charge in [-0.15, -0.1) is 5.25 Å². The number of aromatic nitrogens is 1. The zero-order valence-corrected chi connectivity index (χ0v) is 19.9. The van der Waals surface area contributed by atoms with Crippen LogP contribution in [0.5, 0.6) is 0 Å². The molecule has 0 bridgehead atoms. The largest absolute Gasteiger partial charge is 0.780 e. The fraction of sp³-hybridized carbons (Fsp3) is 0.120. The molecule has 0 aliphatic heterocycles. The van der Waals surface area contributed by atoms with Gasteiger partial charge in [-0.1, -0.05) is 84.3 Å². The molecule has 3 nitrogen and oxygen atoms in total. The molecule has 1 aliphatic rings. The van der Waals surface area contributed by atoms with Crippen LogP contribution in [0.25, 0.3) is 10.9 Å². The van der Waals surface area contributed by atoms with Crippen molar-refractivity contribution in [3.8, 4) is 0 Å². The average molecular weight is 486 g/mol. The number of benzene rings is 3. The molecule has 1 radical (unpaired) electrons. The van der Waals surface area contributed by atoms with Crippen LogP contribution in [0.4, 0.5) is 0 Å². The second-order valence-electron chi connectivity index (χ2n) is 7.05. The molecule has 1 aromatic heterocycles. The van der Waals surface area contributed by atoms with E-state index in [1.165, 1.54) is 33.2 Å². The van der Waals surface area contributed by atoms with Crippen LogP contribution >= 0.6 is 0 Å². The van der Waals surface area contributed by atoms with E-state index in [-0.39, 0.29) is 38.0 Å². The molecular formula is C25H19NO2SY-2. The van der Waals surface area contributed by atoms with Crippen LogP contribution < -0.4 is 0 Å². The van der Waals surface area contributed by atoms with Crippen molar-refractivity contribution in [2.24, 2.45) is 0 Å². The molecule has 1 unspecified atom stereocenters. The molecule has 5 heteroatoms. The first-order valence-electron chi connectivity index (χ1n) is 9.41. The Morgan fingerprint density at radius 2 is 1.63 bits per heavy atom. The zero-order chi connectivity index (χ0) is 20.2. The Hall–Kier alpha value is -2.01. The maximum atomic E-state index is 8.24. The molecule has 4 aromatic rings. The Labute approximate surface area is 206 Å². The van der Waals surface area contributed by atoms with Gasteiger partial charge in [0.05, 0.1) is 5.52 Å². The summed E-state index contributed by atoms with van der Waals surface area (Å²) in [6, 6.07) is 27.9. The van der Waals surface area contributed by atoms with Gasteiger partial charge in [-0.05, 0) is 35.2 Å². The fourth-order valence-corrected chi connectivity index (χ4v) is 4.35. The molecule has 0 spiro atoms. The second-order valence-corrected chi connectivity index (χ2v) is 7.52. The summed E-state index contributed by atoms with van der Waals surface area (Å²) < 4.78 is 0. The van der Waals surface area contributed by atoms with E-state index in [1.807, 2.05) is 6.07 Å². The number of para-hydroxylation sites is 1. The first-order valence-corrected chi connectivity index (χ1v) is 9.88. The van der Waals surface area contributed by atoms with Crippen LogP contribution in [0, 0.1) is 0 Å². The molecular weight excluding hydrogens is 467 g/mol. The van der Waals surface area contributed by atoms with Crippen molar-refractivity contribution < 1.29 is 42.6 Å². The molecule has 1 atom stereocenters. The monoisotopic (exact) mass is 486 g/mol. The van der Waals surface area contributed by atoms with Crippen molar-refractivity contribution >= 4 is 30.0 Å². The van der Waals surface area contributed by atoms with E-state index in [2.05, 4.69) is 72.8 Å². The van der Waals surface area contributed by atoms with E-state index >= 15 is 0 Å². The van der Waals surface area contributed by atoms with Gasteiger partial charge in [0.2, 0.25) is 0 Å². The summed E-state index contributed by atoms with van der Waals surface area (Å²) in [6.45, 7) is 0.500. The first kappa shape index (κ1) is 22.7. The Balaban J connectivity index is 0.000000606. The third-order valence-corrected chi connectivity index (χ3v) is 5.76. The molecule has 0 fully saturated rings. The predicted octanol–water partition coefficient (Wildman–Crippen LogP) is 4.98. The molecule has 1 N–H and O–H groups in total. The molecule has 1 aliphatic carbocycles. The van der Waals surface area contributed by atoms with Gasteiger partial charge in [-0.2, -0.15) is 0 Å². The molecule has 3 aromatic carbocycles. The smallest absolute Gasteiger partial charge is 0.0705 e. The van der Waals surface area contributed by atoms with Crippen LogP contribution in [-0.4, -0.2) is 16.6 Å². The van der Waals surface area contributed by atoms with Crippen molar-refractivity contribution in [3.63, 3.8) is 0 Å². The number of hydrogen-bond donors (Lipinski definition) is 1. The molecule has 1 heterocycles. The van der Waals surface area contributed by atoms with Crippen LogP contribution in [0.2, 0.25) is 0 Å². The van der Waals surface area contributed by atoms with Crippen LogP contribution in [0.1, 0.15) is 38.8 Å². The molecule has 147 valence electrons. The SMILES string of the molecule is O=[C-]O.[S-]C1c2ccccc2Cc2ccc(Cc3ccc4ccccc4n3)cc21.[Y]. The van der Waals surface area contributed by atoms with E-state index in [0.717, 1.165) is 24.1 Å². The summed E-state index contributed by atoms with van der Waals surface area (Å²) in [5.74, 6) is 0. The summed E-state index contributed by atoms with van der Waals surface area (Å²) in [5.41, 5.74) is 8.73. The number of pyridine rings is 1. The quantitative estimate of drug-likeness (QED) is 0.321. The standard InChI is InChI=1S/C24H19NS.CHO2.Y/c26-24-21-7-3-1-6-18(21)15-19-10-9-16(14-22(19)24)13-20-12-11-17-5-2-4-8-23(17)25-20;2-1-3;/h1-12,14,24,26H,13,15H2;(H,2,3);/q;-1;/p-1. The van der Waals surface area contributed by atoms with Crippen molar-refractivity contribution in [2.45, 2.75) is 18.1 Å². The maximum Gasteiger partial charge on any atom is 0.0705 e. The molecule has 30 heavy (non-hydrogen) atoms. The minimum Gasteiger partial charge on any atom is -0.780 e. The Kier molecular flexibility index (Phi) is 7.82. The zero-order valence-electron chi connectivity index (χ0n) is 16.3. The summed E-state index contributed by atoms with van der Waals surface area (Å²) in [5, 5.41) is 7.99. The number of hydrogen-bond acceptors (Lipinski definition) is 3. The van der Waals surface area contributed by atoms with E-state index in [0.29, 0.717) is 6.47 Å². The number of rotatable bonds is 2. The third kappa shape index (κ3) is 4.83.